The first-order valence-corrected chi connectivity index (χ1v) is 5.97. The van der Waals surface area contributed by atoms with E-state index in [2.05, 4.69) is 21.2 Å². The number of carbonyl (C=O) groups excluding carboxylic acids is 1. The predicted molar refractivity (Wildman–Crippen MR) is 72.9 cm³/mol. The lowest BCUT2D eigenvalue weighted by Gasteiger charge is -2.07. The molecule has 0 fully saturated rings. The third-order valence-corrected chi connectivity index (χ3v) is 2.84. The summed E-state index contributed by atoms with van der Waals surface area (Å²) < 4.78 is 13.9. The van der Waals surface area contributed by atoms with Crippen molar-refractivity contribution >= 4 is 33.2 Å². The molecule has 1 amide bonds. The summed E-state index contributed by atoms with van der Waals surface area (Å²) in [5.41, 5.74) is 6.61. The lowest BCUT2D eigenvalue weighted by atomic mass is 10.1. The maximum absolute atomic E-state index is 13.1. The van der Waals surface area contributed by atoms with E-state index in [4.69, 9.17) is 5.73 Å². The molecule has 2 rings (SSSR count). The Hall–Kier alpha value is -1.88. The summed E-state index contributed by atoms with van der Waals surface area (Å²) in [5, 5.41) is 2.65. The van der Waals surface area contributed by atoms with Gasteiger partial charge >= 0.3 is 0 Å². The monoisotopic (exact) mass is 308 g/mol. The van der Waals surface area contributed by atoms with Crippen LogP contribution in [0, 0.1) is 5.82 Å². The number of anilines is 2. The third kappa shape index (κ3) is 2.87. The standard InChI is InChI=1S/C13H10BrFN2O/c14-8-2-1-3-10(6-8)17-13(18)11-7-9(15)4-5-12(11)16/h1-7H,16H2,(H,17,18). The second-order valence-corrected chi connectivity index (χ2v) is 4.61. The number of hydrogen-bond acceptors (Lipinski definition) is 2. The minimum Gasteiger partial charge on any atom is -0.398 e. The number of amides is 1. The molecule has 2 aromatic carbocycles. The molecule has 3 N–H and O–H groups in total. The second kappa shape index (κ2) is 5.18. The molecule has 5 heteroatoms. The van der Waals surface area contributed by atoms with E-state index in [0.29, 0.717) is 5.69 Å². The van der Waals surface area contributed by atoms with Crippen LogP contribution < -0.4 is 11.1 Å². The van der Waals surface area contributed by atoms with E-state index in [1.807, 2.05) is 6.07 Å². The quantitative estimate of drug-likeness (QED) is 0.835. The zero-order valence-corrected chi connectivity index (χ0v) is 10.9. The summed E-state index contributed by atoms with van der Waals surface area (Å²) in [5.74, 6) is -0.936. The van der Waals surface area contributed by atoms with Gasteiger partial charge in [-0.3, -0.25) is 4.79 Å². The molecule has 2 aromatic rings. The summed E-state index contributed by atoms with van der Waals surface area (Å²) in [7, 11) is 0. The van der Waals surface area contributed by atoms with Crippen LogP contribution in [0.25, 0.3) is 0 Å². The molecular weight excluding hydrogens is 299 g/mol. The number of hydrogen-bond donors (Lipinski definition) is 2. The average Bonchev–Trinajstić information content (AvgIpc) is 2.32. The molecule has 0 atom stereocenters. The van der Waals surface area contributed by atoms with E-state index in [1.165, 1.54) is 12.1 Å². The summed E-state index contributed by atoms with van der Waals surface area (Å²) in [6.45, 7) is 0. The lowest BCUT2D eigenvalue weighted by molar-refractivity contribution is 0.102. The van der Waals surface area contributed by atoms with Crippen LogP contribution >= 0.6 is 15.9 Å². The van der Waals surface area contributed by atoms with Gasteiger partial charge in [0, 0.05) is 15.8 Å². The Morgan fingerprint density at radius 2 is 2.00 bits per heavy atom. The fraction of sp³-hybridized carbons (Fsp3) is 0. The molecule has 0 saturated heterocycles. The summed E-state index contributed by atoms with van der Waals surface area (Å²) >= 11 is 3.30. The molecule has 92 valence electrons. The SMILES string of the molecule is Nc1ccc(F)cc1C(=O)Nc1cccc(Br)c1. The Kier molecular flexibility index (Phi) is 3.62. The highest BCUT2D eigenvalue weighted by Gasteiger charge is 2.11. The van der Waals surface area contributed by atoms with Crippen LogP contribution in [-0.2, 0) is 0 Å². The van der Waals surface area contributed by atoms with Crippen molar-refractivity contribution in [1.82, 2.24) is 0 Å². The molecule has 0 spiro atoms. The Labute approximate surface area is 112 Å². The molecule has 0 aliphatic heterocycles. The van der Waals surface area contributed by atoms with Crippen molar-refractivity contribution < 1.29 is 9.18 Å². The fourth-order valence-electron chi connectivity index (χ4n) is 1.49. The van der Waals surface area contributed by atoms with E-state index in [-0.39, 0.29) is 11.3 Å². The van der Waals surface area contributed by atoms with E-state index in [0.717, 1.165) is 10.5 Å². The van der Waals surface area contributed by atoms with Crippen LogP contribution in [0.5, 0.6) is 0 Å². The van der Waals surface area contributed by atoms with Crippen molar-refractivity contribution in [2.75, 3.05) is 11.1 Å². The van der Waals surface area contributed by atoms with Crippen molar-refractivity contribution in [3.8, 4) is 0 Å². The molecule has 0 unspecified atom stereocenters. The summed E-state index contributed by atoms with van der Waals surface area (Å²) in [6, 6.07) is 10.8. The smallest absolute Gasteiger partial charge is 0.257 e. The summed E-state index contributed by atoms with van der Waals surface area (Å²) in [4.78, 5) is 11.9. The first kappa shape index (κ1) is 12.6. The molecular formula is C13H10BrFN2O. The van der Waals surface area contributed by atoms with Crippen molar-refractivity contribution in [3.05, 3.63) is 58.3 Å². The average molecular weight is 309 g/mol. The molecule has 0 bridgehead atoms. The van der Waals surface area contributed by atoms with Crippen LogP contribution in [0.3, 0.4) is 0 Å². The minimum absolute atomic E-state index is 0.120. The van der Waals surface area contributed by atoms with E-state index < -0.39 is 11.7 Å². The predicted octanol–water partition coefficient (Wildman–Crippen LogP) is 3.42. The van der Waals surface area contributed by atoms with Gasteiger partial charge in [0.2, 0.25) is 0 Å². The number of carbonyl (C=O) groups is 1. The molecule has 0 heterocycles. The molecule has 0 aromatic heterocycles. The van der Waals surface area contributed by atoms with Gasteiger partial charge in [0.25, 0.3) is 5.91 Å². The Bertz CT molecular complexity index is 601. The number of rotatable bonds is 2. The Morgan fingerprint density at radius 3 is 2.72 bits per heavy atom. The highest BCUT2D eigenvalue weighted by atomic mass is 79.9. The van der Waals surface area contributed by atoms with Crippen LogP contribution in [0.2, 0.25) is 0 Å². The highest BCUT2D eigenvalue weighted by molar-refractivity contribution is 9.10. The first-order chi connectivity index (χ1) is 8.56. The number of nitrogen functional groups attached to an aromatic ring is 1. The van der Waals surface area contributed by atoms with Crippen molar-refractivity contribution in [2.24, 2.45) is 0 Å². The Morgan fingerprint density at radius 1 is 1.22 bits per heavy atom. The maximum atomic E-state index is 13.1. The van der Waals surface area contributed by atoms with Crippen molar-refractivity contribution in [1.29, 1.82) is 0 Å². The normalized spacial score (nSPS) is 10.1. The lowest BCUT2D eigenvalue weighted by Crippen LogP contribution is -2.14. The van der Waals surface area contributed by atoms with Gasteiger partial charge in [-0.15, -0.1) is 0 Å². The number of nitrogens with two attached hydrogens (primary N) is 1. The molecule has 3 nitrogen and oxygen atoms in total. The van der Waals surface area contributed by atoms with Crippen LogP contribution in [0.4, 0.5) is 15.8 Å². The number of nitrogens with one attached hydrogen (secondary N) is 1. The van der Waals surface area contributed by atoms with Crippen LogP contribution in [0.1, 0.15) is 10.4 Å². The largest absolute Gasteiger partial charge is 0.398 e. The number of halogens is 2. The topological polar surface area (TPSA) is 55.1 Å². The van der Waals surface area contributed by atoms with Crippen molar-refractivity contribution in [3.63, 3.8) is 0 Å². The van der Waals surface area contributed by atoms with E-state index >= 15 is 0 Å². The van der Waals surface area contributed by atoms with Crippen LogP contribution in [0.15, 0.2) is 46.9 Å². The van der Waals surface area contributed by atoms with Gasteiger partial charge in [-0.1, -0.05) is 22.0 Å². The van der Waals surface area contributed by atoms with Gasteiger partial charge in [-0.2, -0.15) is 0 Å². The van der Waals surface area contributed by atoms with Gasteiger partial charge in [-0.05, 0) is 36.4 Å². The number of benzene rings is 2. The van der Waals surface area contributed by atoms with Gasteiger partial charge < -0.3 is 11.1 Å². The first-order valence-electron chi connectivity index (χ1n) is 5.18. The molecule has 0 radical (unpaired) electrons. The van der Waals surface area contributed by atoms with Crippen molar-refractivity contribution in [2.45, 2.75) is 0 Å². The van der Waals surface area contributed by atoms with Gasteiger partial charge in [0.1, 0.15) is 5.82 Å². The van der Waals surface area contributed by atoms with E-state index in [9.17, 15) is 9.18 Å². The van der Waals surface area contributed by atoms with Gasteiger partial charge in [0.15, 0.2) is 0 Å². The highest BCUT2D eigenvalue weighted by Crippen LogP contribution is 2.19. The zero-order chi connectivity index (χ0) is 13.1. The summed E-state index contributed by atoms with van der Waals surface area (Å²) in [6.07, 6.45) is 0. The fourth-order valence-corrected chi connectivity index (χ4v) is 1.89. The molecule has 0 aliphatic carbocycles. The zero-order valence-electron chi connectivity index (χ0n) is 9.28. The van der Waals surface area contributed by atoms with Crippen LogP contribution in [-0.4, -0.2) is 5.91 Å². The van der Waals surface area contributed by atoms with Gasteiger partial charge in [-0.25, -0.2) is 4.39 Å². The van der Waals surface area contributed by atoms with E-state index in [1.54, 1.807) is 18.2 Å². The molecule has 18 heavy (non-hydrogen) atoms. The third-order valence-electron chi connectivity index (χ3n) is 2.34. The molecule has 0 saturated carbocycles. The molecule has 0 aliphatic rings. The minimum atomic E-state index is -0.497. The Balaban J connectivity index is 2.24. The second-order valence-electron chi connectivity index (χ2n) is 3.70. The maximum Gasteiger partial charge on any atom is 0.257 e. The van der Waals surface area contributed by atoms with Gasteiger partial charge in [0.05, 0.1) is 5.56 Å².